The fraction of sp³-hybridized carbons (Fsp3) is 0.500. The molecular weight excluding hydrogens is 196 g/mol. The van der Waals surface area contributed by atoms with Crippen LogP contribution in [0.25, 0.3) is 0 Å². The van der Waals surface area contributed by atoms with Crippen molar-refractivity contribution in [2.45, 2.75) is 26.2 Å². The maximum atomic E-state index is 10.4. The largest absolute Gasteiger partial charge is 0.490 e. The van der Waals surface area contributed by atoms with E-state index in [4.69, 9.17) is 9.84 Å². The van der Waals surface area contributed by atoms with Crippen LogP contribution < -0.4 is 4.74 Å². The number of nitrogens with zero attached hydrogens (tertiary/aromatic N) is 2. The fourth-order valence-corrected chi connectivity index (χ4v) is 1.04. The number of carboxylic acid groups (broad SMARTS) is 1. The van der Waals surface area contributed by atoms with Crippen LogP contribution in [-0.2, 0) is 0 Å². The average Bonchev–Trinajstić information content (AvgIpc) is 2.25. The smallest absolute Gasteiger partial charge is 0.373 e. The van der Waals surface area contributed by atoms with Gasteiger partial charge in [-0.2, -0.15) is 0 Å². The number of hydrogen-bond donors (Lipinski definition) is 1. The van der Waals surface area contributed by atoms with Crippen LogP contribution in [0.2, 0.25) is 0 Å². The number of unbranched alkanes of at least 4 members (excludes halogenated alkanes) is 2. The molecule has 0 radical (unpaired) electrons. The van der Waals surface area contributed by atoms with E-state index in [-0.39, 0.29) is 5.82 Å². The first-order valence-corrected chi connectivity index (χ1v) is 4.92. The summed E-state index contributed by atoms with van der Waals surface area (Å²) in [6.45, 7) is 2.73. The van der Waals surface area contributed by atoms with E-state index >= 15 is 0 Å². The SMILES string of the molecule is CCCCCOc1cnc(C(=O)O)nc1. The zero-order chi connectivity index (χ0) is 11.1. The minimum Gasteiger partial charge on any atom is -0.490 e. The van der Waals surface area contributed by atoms with Crippen molar-refractivity contribution >= 4 is 5.97 Å². The molecule has 1 rings (SSSR count). The van der Waals surface area contributed by atoms with E-state index < -0.39 is 5.97 Å². The van der Waals surface area contributed by atoms with E-state index in [1.54, 1.807) is 0 Å². The van der Waals surface area contributed by atoms with Crippen molar-refractivity contribution in [3.8, 4) is 5.75 Å². The Balaban J connectivity index is 2.39. The van der Waals surface area contributed by atoms with Gasteiger partial charge in [0.15, 0.2) is 5.75 Å². The molecule has 0 bridgehead atoms. The summed E-state index contributed by atoms with van der Waals surface area (Å²) in [7, 11) is 0. The highest BCUT2D eigenvalue weighted by Crippen LogP contribution is 2.07. The molecule has 0 saturated carbocycles. The number of rotatable bonds is 6. The van der Waals surface area contributed by atoms with Gasteiger partial charge >= 0.3 is 5.97 Å². The van der Waals surface area contributed by atoms with Gasteiger partial charge < -0.3 is 9.84 Å². The minimum absolute atomic E-state index is 0.212. The zero-order valence-corrected chi connectivity index (χ0v) is 8.64. The van der Waals surface area contributed by atoms with Crippen LogP contribution in [0.15, 0.2) is 12.4 Å². The molecule has 15 heavy (non-hydrogen) atoms. The molecule has 0 unspecified atom stereocenters. The van der Waals surface area contributed by atoms with Crippen LogP contribution in [0, 0.1) is 0 Å². The lowest BCUT2D eigenvalue weighted by Gasteiger charge is -2.04. The Hall–Kier alpha value is -1.65. The summed E-state index contributed by atoms with van der Waals surface area (Å²) in [4.78, 5) is 17.7. The lowest BCUT2D eigenvalue weighted by Crippen LogP contribution is -2.04. The van der Waals surface area contributed by atoms with Crippen LogP contribution >= 0.6 is 0 Å². The molecule has 0 amide bonds. The molecule has 0 aromatic carbocycles. The van der Waals surface area contributed by atoms with Crippen LogP contribution in [0.3, 0.4) is 0 Å². The first-order chi connectivity index (χ1) is 7.24. The molecule has 5 nitrogen and oxygen atoms in total. The van der Waals surface area contributed by atoms with Gasteiger partial charge in [0, 0.05) is 0 Å². The summed E-state index contributed by atoms with van der Waals surface area (Å²) in [6.07, 6.45) is 5.99. The van der Waals surface area contributed by atoms with E-state index in [2.05, 4.69) is 16.9 Å². The fourth-order valence-electron chi connectivity index (χ4n) is 1.04. The summed E-state index contributed by atoms with van der Waals surface area (Å²) in [6, 6.07) is 0. The Kier molecular flexibility index (Phi) is 4.53. The molecule has 0 aliphatic carbocycles. The molecule has 0 aliphatic rings. The van der Waals surface area contributed by atoms with Gasteiger partial charge in [-0.1, -0.05) is 19.8 Å². The lowest BCUT2D eigenvalue weighted by atomic mass is 10.3. The van der Waals surface area contributed by atoms with Crippen LogP contribution in [0.4, 0.5) is 0 Å². The van der Waals surface area contributed by atoms with Gasteiger partial charge in [-0.25, -0.2) is 14.8 Å². The summed E-state index contributed by atoms with van der Waals surface area (Å²) < 4.78 is 5.32. The van der Waals surface area contributed by atoms with E-state index in [9.17, 15) is 4.79 Å². The molecule has 0 aliphatic heterocycles. The van der Waals surface area contributed by atoms with E-state index in [1.165, 1.54) is 12.4 Å². The quantitative estimate of drug-likeness (QED) is 0.724. The zero-order valence-electron chi connectivity index (χ0n) is 8.64. The first kappa shape index (κ1) is 11.4. The number of aromatic carboxylic acids is 1. The van der Waals surface area contributed by atoms with Gasteiger partial charge in [0.2, 0.25) is 5.82 Å². The van der Waals surface area contributed by atoms with E-state index in [0.717, 1.165) is 19.3 Å². The Morgan fingerprint density at radius 3 is 2.60 bits per heavy atom. The molecule has 0 atom stereocenters. The maximum Gasteiger partial charge on any atom is 0.373 e. The van der Waals surface area contributed by atoms with Crippen molar-refractivity contribution in [3.05, 3.63) is 18.2 Å². The molecule has 0 spiro atoms. The van der Waals surface area contributed by atoms with Gasteiger partial charge in [0.1, 0.15) is 0 Å². The Morgan fingerprint density at radius 2 is 2.07 bits per heavy atom. The third-order valence-electron chi connectivity index (χ3n) is 1.84. The topological polar surface area (TPSA) is 72.3 Å². The average molecular weight is 210 g/mol. The molecule has 0 fully saturated rings. The predicted octanol–water partition coefficient (Wildman–Crippen LogP) is 1.74. The highest BCUT2D eigenvalue weighted by molar-refractivity contribution is 5.82. The third-order valence-corrected chi connectivity index (χ3v) is 1.84. The summed E-state index contributed by atoms with van der Waals surface area (Å²) in [5, 5.41) is 8.56. The lowest BCUT2D eigenvalue weighted by molar-refractivity contribution is 0.0683. The van der Waals surface area contributed by atoms with Crippen molar-refractivity contribution in [1.82, 2.24) is 9.97 Å². The first-order valence-electron chi connectivity index (χ1n) is 4.92. The van der Waals surface area contributed by atoms with E-state index in [0.29, 0.717) is 12.4 Å². The van der Waals surface area contributed by atoms with Gasteiger partial charge in [0.25, 0.3) is 0 Å². The second-order valence-corrected chi connectivity index (χ2v) is 3.10. The third kappa shape index (κ3) is 3.93. The predicted molar refractivity (Wildman–Crippen MR) is 54.0 cm³/mol. The summed E-state index contributed by atoms with van der Waals surface area (Å²) in [5.41, 5.74) is 0. The molecule has 1 heterocycles. The number of carbonyl (C=O) groups is 1. The van der Waals surface area contributed by atoms with Crippen molar-refractivity contribution in [3.63, 3.8) is 0 Å². The second-order valence-electron chi connectivity index (χ2n) is 3.10. The van der Waals surface area contributed by atoms with Crippen molar-refractivity contribution < 1.29 is 14.6 Å². The highest BCUT2D eigenvalue weighted by Gasteiger charge is 2.05. The van der Waals surface area contributed by atoms with Gasteiger partial charge in [-0.15, -0.1) is 0 Å². The molecule has 5 heteroatoms. The van der Waals surface area contributed by atoms with Crippen LogP contribution in [-0.4, -0.2) is 27.7 Å². The van der Waals surface area contributed by atoms with Gasteiger partial charge in [-0.3, -0.25) is 0 Å². The summed E-state index contributed by atoms with van der Waals surface area (Å²) in [5.74, 6) is -0.834. The molecule has 1 N–H and O–H groups in total. The monoisotopic (exact) mass is 210 g/mol. The minimum atomic E-state index is -1.13. The number of aromatic nitrogens is 2. The van der Waals surface area contributed by atoms with Crippen molar-refractivity contribution in [2.24, 2.45) is 0 Å². The molecule has 1 aromatic rings. The highest BCUT2D eigenvalue weighted by atomic mass is 16.5. The van der Waals surface area contributed by atoms with Crippen LogP contribution in [0.1, 0.15) is 36.8 Å². The molecule has 82 valence electrons. The number of ether oxygens (including phenoxy) is 1. The normalized spacial score (nSPS) is 9.93. The molecular formula is C10H14N2O3. The maximum absolute atomic E-state index is 10.4. The van der Waals surface area contributed by atoms with Gasteiger partial charge in [0.05, 0.1) is 19.0 Å². The number of hydrogen-bond acceptors (Lipinski definition) is 4. The summed E-state index contributed by atoms with van der Waals surface area (Å²) >= 11 is 0. The number of carboxylic acids is 1. The Bertz CT molecular complexity index is 311. The van der Waals surface area contributed by atoms with Gasteiger partial charge in [-0.05, 0) is 6.42 Å². The standard InChI is InChI=1S/C10H14N2O3/c1-2-3-4-5-15-8-6-11-9(10(13)14)12-7-8/h6-7H,2-5H2,1H3,(H,13,14). The molecule has 1 aromatic heterocycles. The van der Waals surface area contributed by atoms with Crippen molar-refractivity contribution in [2.75, 3.05) is 6.61 Å². The Morgan fingerprint density at radius 1 is 1.40 bits per heavy atom. The van der Waals surface area contributed by atoms with Crippen LogP contribution in [0.5, 0.6) is 5.75 Å². The van der Waals surface area contributed by atoms with Crippen molar-refractivity contribution in [1.29, 1.82) is 0 Å². The van der Waals surface area contributed by atoms with E-state index in [1.807, 2.05) is 0 Å². The second kappa shape index (κ2) is 5.95. The Labute approximate surface area is 88.1 Å². The molecule has 0 saturated heterocycles.